The van der Waals surface area contributed by atoms with Crippen LogP contribution in [0.15, 0.2) is 78.9 Å². The Bertz CT molecular complexity index is 1220. The summed E-state index contributed by atoms with van der Waals surface area (Å²) < 4.78 is 6.70. The number of hydrogen-bond acceptors (Lipinski definition) is 5. The third-order valence-corrected chi connectivity index (χ3v) is 4.90. The molecule has 0 saturated heterocycles. The Balaban J connectivity index is 1.59. The number of Topliss-reactive ketones (excluding diaryl/α,β-unsaturated/α-hetero) is 1. The van der Waals surface area contributed by atoms with E-state index < -0.39 is 12.6 Å². The van der Waals surface area contributed by atoms with Crippen molar-refractivity contribution in [2.45, 2.75) is 0 Å². The van der Waals surface area contributed by atoms with E-state index in [4.69, 9.17) is 27.9 Å². The molecule has 0 N–H and O–H groups in total. The maximum Gasteiger partial charge on any atom is 0.378 e. The first-order valence-corrected chi connectivity index (χ1v) is 10.0. The summed E-state index contributed by atoms with van der Waals surface area (Å²) in [4.78, 5) is 29.2. The SMILES string of the molecule is O=C(COC(=O)c1nc(-c2ccc(Cl)cc2)n(-c2ccccc2)n1)c1ccc(Cl)cc1. The number of benzene rings is 3. The quantitative estimate of drug-likeness (QED) is 0.294. The summed E-state index contributed by atoms with van der Waals surface area (Å²) in [6.07, 6.45) is 0. The number of esters is 1. The van der Waals surface area contributed by atoms with Crippen LogP contribution >= 0.6 is 23.2 Å². The molecule has 0 fully saturated rings. The Morgan fingerprint density at radius 3 is 2.10 bits per heavy atom. The average Bonchev–Trinajstić information content (AvgIpc) is 3.24. The molecule has 3 aromatic carbocycles. The largest absolute Gasteiger partial charge is 0.451 e. The molecule has 1 aromatic heterocycles. The van der Waals surface area contributed by atoms with E-state index in [1.807, 2.05) is 30.3 Å². The Morgan fingerprint density at radius 1 is 0.839 bits per heavy atom. The molecule has 31 heavy (non-hydrogen) atoms. The minimum atomic E-state index is -0.799. The Morgan fingerprint density at radius 2 is 1.45 bits per heavy atom. The third-order valence-electron chi connectivity index (χ3n) is 4.39. The predicted octanol–water partition coefficient (Wildman–Crippen LogP) is 5.28. The van der Waals surface area contributed by atoms with E-state index in [-0.39, 0.29) is 11.6 Å². The molecule has 0 unspecified atom stereocenters. The smallest absolute Gasteiger partial charge is 0.378 e. The first-order chi connectivity index (χ1) is 15.0. The average molecular weight is 452 g/mol. The maximum atomic E-state index is 12.6. The zero-order valence-corrected chi connectivity index (χ0v) is 17.5. The van der Waals surface area contributed by atoms with Gasteiger partial charge in [-0.15, -0.1) is 5.10 Å². The van der Waals surface area contributed by atoms with Crippen LogP contribution in [-0.2, 0) is 4.74 Å². The van der Waals surface area contributed by atoms with Gasteiger partial charge in [0.05, 0.1) is 5.69 Å². The molecule has 8 heteroatoms. The topological polar surface area (TPSA) is 74.1 Å². The van der Waals surface area contributed by atoms with Gasteiger partial charge < -0.3 is 4.74 Å². The highest BCUT2D eigenvalue weighted by molar-refractivity contribution is 6.31. The van der Waals surface area contributed by atoms with Gasteiger partial charge in [-0.2, -0.15) is 0 Å². The summed E-state index contributed by atoms with van der Waals surface area (Å²) in [5, 5.41) is 5.40. The van der Waals surface area contributed by atoms with Gasteiger partial charge in [-0.1, -0.05) is 41.4 Å². The van der Waals surface area contributed by atoms with Gasteiger partial charge in [0.15, 0.2) is 18.2 Å². The van der Waals surface area contributed by atoms with Crippen LogP contribution in [0.3, 0.4) is 0 Å². The maximum absolute atomic E-state index is 12.6. The third kappa shape index (κ3) is 4.82. The molecule has 1 heterocycles. The van der Waals surface area contributed by atoms with E-state index in [1.54, 1.807) is 53.2 Å². The summed E-state index contributed by atoms with van der Waals surface area (Å²) in [5.74, 6) is -0.866. The normalized spacial score (nSPS) is 10.6. The number of aromatic nitrogens is 3. The van der Waals surface area contributed by atoms with E-state index in [2.05, 4.69) is 10.1 Å². The lowest BCUT2D eigenvalue weighted by atomic mass is 10.1. The van der Waals surface area contributed by atoms with Crippen LogP contribution in [0.5, 0.6) is 0 Å². The van der Waals surface area contributed by atoms with Crippen LogP contribution in [0.1, 0.15) is 21.0 Å². The molecule has 4 aromatic rings. The van der Waals surface area contributed by atoms with Gasteiger partial charge in [-0.25, -0.2) is 14.5 Å². The van der Waals surface area contributed by atoms with Crippen molar-refractivity contribution in [3.63, 3.8) is 0 Å². The van der Waals surface area contributed by atoms with Crippen molar-refractivity contribution in [3.8, 4) is 17.1 Å². The van der Waals surface area contributed by atoms with E-state index >= 15 is 0 Å². The highest BCUT2D eigenvalue weighted by atomic mass is 35.5. The molecule has 0 aliphatic heterocycles. The number of carbonyl (C=O) groups excluding carboxylic acids is 2. The fourth-order valence-electron chi connectivity index (χ4n) is 2.85. The van der Waals surface area contributed by atoms with Gasteiger partial charge >= 0.3 is 5.97 Å². The van der Waals surface area contributed by atoms with Crippen molar-refractivity contribution >= 4 is 35.0 Å². The molecule has 0 spiro atoms. The van der Waals surface area contributed by atoms with Crippen molar-refractivity contribution in [2.75, 3.05) is 6.61 Å². The summed E-state index contributed by atoms with van der Waals surface area (Å²) in [7, 11) is 0. The standard InChI is InChI=1S/C23H15Cl2N3O3/c24-17-10-6-15(7-11-17)20(29)14-31-23(30)21-26-22(16-8-12-18(25)13-9-16)28(27-21)19-4-2-1-3-5-19/h1-13H,14H2. The van der Waals surface area contributed by atoms with Crippen molar-refractivity contribution in [1.82, 2.24) is 14.8 Å². The van der Waals surface area contributed by atoms with E-state index in [1.165, 1.54) is 0 Å². The summed E-state index contributed by atoms with van der Waals surface area (Å²) in [6, 6.07) is 22.6. The Labute approximate surface area is 188 Å². The van der Waals surface area contributed by atoms with Gasteiger partial charge in [0.25, 0.3) is 5.82 Å². The van der Waals surface area contributed by atoms with E-state index in [9.17, 15) is 9.59 Å². The van der Waals surface area contributed by atoms with Crippen molar-refractivity contribution in [3.05, 3.63) is 100 Å². The number of ether oxygens (including phenoxy) is 1. The molecular weight excluding hydrogens is 437 g/mol. The number of nitrogens with zero attached hydrogens (tertiary/aromatic N) is 3. The van der Waals surface area contributed by atoms with Crippen LogP contribution in [0, 0.1) is 0 Å². The Hall–Kier alpha value is -3.48. The highest BCUT2D eigenvalue weighted by Crippen LogP contribution is 2.23. The molecule has 0 saturated carbocycles. The second-order valence-electron chi connectivity index (χ2n) is 6.52. The van der Waals surface area contributed by atoms with Crippen LogP contribution in [-0.4, -0.2) is 33.1 Å². The summed E-state index contributed by atoms with van der Waals surface area (Å²) in [5.41, 5.74) is 1.83. The number of carbonyl (C=O) groups is 2. The highest BCUT2D eigenvalue weighted by Gasteiger charge is 2.21. The molecule has 6 nitrogen and oxygen atoms in total. The summed E-state index contributed by atoms with van der Waals surface area (Å²) >= 11 is 11.8. The first-order valence-electron chi connectivity index (χ1n) is 9.25. The minimum absolute atomic E-state index is 0.155. The first kappa shape index (κ1) is 20.8. The second-order valence-corrected chi connectivity index (χ2v) is 7.39. The predicted molar refractivity (Wildman–Crippen MR) is 118 cm³/mol. The minimum Gasteiger partial charge on any atom is -0.451 e. The zero-order chi connectivity index (χ0) is 21.8. The number of para-hydroxylation sites is 1. The lowest BCUT2D eigenvalue weighted by Crippen LogP contribution is -2.15. The van der Waals surface area contributed by atoms with Crippen LogP contribution in [0.25, 0.3) is 17.1 Å². The fourth-order valence-corrected chi connectivity index (χ4v) is 3.10. The molecular formula is C23H15Cl2N3O3. The van der Waals surface area contributed by atoms with Gasteiger partial charge in [0.1, 0.15) is 0 Å². The van der Waals surface area contributed by atoms with Crippen molar-refractivity contribution in [1.29, 1.82) is 0 Å². The van der Waals surface area contributed by atoms with Crippen molar-refractivity contribution < 1.29 is 14.3 Å². The molecule has 0 amide bonds. The molecule has 0 aliphatic rings. The molecule has 0 bridgehead atoms. The van der Waals surface area contributed by atoms with Crippen molar-refractivity contribution in [2.24, 2.45) is 0 Å². The van der Waals surface area contributed by atoms with Crippen LogP contribution in [0.2, 0.25) is 10.0 Å². The number of hydrogen-bond donors (Lipinski definition) is 0. The molecule has 0 radical (unpaired) electrons. The molecule has 4 rings (SSSR count). The van der Waals surface area contributed by atoms with Gasteiger partial charge in [0.2, 0.25) is 0 Å². The molecule has 0 aliphatic carbocycles. The van der Waals surface area contributed by atoms with E-state index in [0.717, 1.165) is 11.3 Å². The summed E-state index contributed by atoms with van der Waals surface area (Å²) in [6.45, 7) is -0.434. The number of ketones is 1. The monoisotopic (exact) mass is 451 g/mol. The van der Waals surface area contributed by atoms with Crippen LogP contribution < -0.4 is 0 Å². The van der Waals surface area contributed by atoms with Gasteiger partial charge in [-0.05, 0) is 60.7 Å². The van der Waals surface area contributed by atoms with Gasteiger partial charge in [-0.3, -0.25) is 4.79 Å². The fraction of sp³-hybridized carbons (Fsp3) is 0.0435. The number of rotatable bonds is 6. The van der Waals surface area contributed by atoms with Crippen LogP contribution in [0.4, 0.5) is 0 Å². The van der Waals surface area contributed by atoms with E-state index in [0.29, 0.717) is 21.4 Å². The number of halogens is 2. The second kappa shape index (κ2) is 9.12. The lowest BCUT2D eigenvalue weighted by molar-refractivity contribution is 0.0462. The molecule has 154 valence electrons. The lowest BCUT2D eigenvalue weighted by Gasteiger charge is -2.05. The zero-order valence-electron chi connectivity index (χ0n) is 16.0. The molecule has 0 atom stereocenters. The Kier molecular flexibility index (Phi) is 6.11. The van der Waals surface area contributed by atoms with Gasteiger partial charge in [0, 0.05) is 21.2 Å².